The van der Waals surface area contributed by atoms with Gasteiger partial charge < -0.3 is 24.7 Å². The zero-order valence-corrected chi connectivity index (χ0v) is 15.3. The fraction of sp³-hybridized carbons (Fsp3) is 0.143. The fourth-order valence-corrected chi connectivity index (χ4v) is 3.17. The summed E-state index contributed by atoms with van der Waals surface area (Å²) >= 11 is 0. The molecule has 7 nitrogen and oxygen atoms in total. The minimum absolute atomic E-state index is 0.191. The van der Waals surface area contributed by atoms with Gasteiger partial charge in [-0.3, -0.25) is 4.79 Å². The molecule has 3 aromatic rings. The summed E-state index contributed by atoms with van der Waals surface area (Å²) in [6.45, 7) is 0.580. The van der Waals surface area contributed by atoms with Gasteiger partial charge in [-0.1, -0.05) is 6.07 Å². The zero-order valence-electron chi connectivity index (χ0n) is 15.3. The molecule has 1 aliphatic heterocycles. The Morgan fingerprint density at radius 3 is 2.50 bits per heavy atom. The van der Waals surface area contributed by atoms with E-state index in [0.29, 0.717) is 29.4 Å². The van der Waals surface area contributed by atoms with E-state index in [2.05, 4.69) is 10.6 Å². The highest BCUT2D eigenvalue weighted by Gasteiger charge is 2.27. The van der Waals surface area contributed by atoms with Crippen LogP contribution in [0.15, 0.2) is 65.3 Å². The standard InChI is InChI=1S/C21H19N3O4/c1-27-17-8-6-15(7-9-17)22-21(26)23-16-5-4-14-10-11-24(18(14)13-16)20(25)19-3-2-12-28-19/h2-9,12-13H,10-11H2,1H3,(H2,22,23,26). The van der Waals surface area contributed by atoms with Gasteiger partial charge in [0.25, 0.3) is 5.91 Å². The van der Waals surface area contributed by atoms with Gasteiger partial charge in [0, 0.05) is 23.6 Å². The summed E-state index contributed by atoms with van der Waals surface area (Å²) in [5.74, 6) is 0.818. The van der Waals surface area contributed by atoms with Crippen molar-refractivity contribution in [2.24, 2.45) is 0 Å². The summed E-state index contributed by atoms with van der Waals surface area (Å²) < 4.78 is 10.3. The molecule has 0 saturated heterocycles. The molecule has 0 fully saturated rings. The third kappa shape index (κ3) is 3.55. The number of hydrogen-bond acceptors (Lipinski definition) is 4. The van der Waals surface area contributed by atoms with E-state index in [1.807, 2.05) is 12.1 Å². The molecule has 0 atom stereocenters. The lowest BCUT2D eigenvalue weighted by atomic mass is 10.1. The van der Waals surface area contributed by atoms with Crippen molar-refractivity contribution in [2.45, 2.75) is 6.42 Å². The lowest BCUT2D eigenvalue weighted by Gasteiger charge is -2.17. The summed E-state index contributed by atoms with van der Waals surface area (Å²) in [4.78, 5) is 26.6. The average Bonchev–Trinajstić information content (AvgIpc) is 3.38. The molecule has 2 N–H and O–H groups in total. The van der Waals surface area contributed by atoms with Crippen LogP contribution in [0.5, 0.6) is 5.75 Å². The number of rotatable bonds is 4. The second-order valence-corrected chi connectivity index (χ2v) is 6.34. The van der Waals surface area contributed by atoms with E-state index in [1.54, 1.807) is 54.5 Å². The minimum Gasteiger partial charge on any atom is -0.497 e. The average molecular weight is 377 g/mol. The molecule has 142 valence electrons. The Kier molecular flexibility index (Phi) is 4.72. The maximum atomic E-state index is 12.6. The number of benzene rings is 2. The van der Waals surface area contributed by atoms with E-state index in [4.69, 9.17) is 9.15 Å². The Bertz CT molecular complexity index is 997. The molecule has 0 saturated carbocycles. The molecule has 1 aromatic heterocycles. The van der Waals surface area contributed by atoms with E-state index in [1.165, 1.54) is 6.26 Å². The molecular formula is C21H19N3O4. The highest BCUT2D eigenvalue weighted by molar-refractivity contribution is 6.06. The summed E-state index contributed by atoms with van der Waals surface area (Å²) in [5, 5.41) is 5.56. The lowest BCUT2D eigenvalue weighted by molar-refractivity contribution is 0.0963. The van der Waals surface area contributed by atoms with Crippen molar-refractivity contribution in [3.05, 3.63) is 72.2 Å². The number of anilines is 3. The predicted molar refractivity (Wildman–Crippen MR) is 106 cm³/mol. The summed E-state index contributed by atoms with van der Waals surface area (Å²) in [7, 11) is 1.59. The molecule has 28 heavy (non-hydrogen) atoms. The number of urea groups is 1. The number of nitrogens with one attached hydrogen (secondary N) is 2. The first-order valence-corrected chi connectivity index (χ1v) is 8.84. The maximum Gasteiger partial charge on any atom is 0.323 e. The number of nitrogens with zero attached hydrogens (tertiary/aromatic N) is 1. The lowest BCUT2D eigenvalue weighted by Crippen LogP contribution is -2.28. The molecule has 0 unspecified atom stereocenters. The summed E-state index contributed by atoms with van der Waals surface area (Å²) in [5.41, 5.74) is 3.09. The highest BCUT2D eigenvalue weighted by Crippen LogP contribution is 2.32. The number of carbonyl (C=O) groups excluding carboxylic acids is 2. The van der Waals surface area contributed by atoms with E-state index in [-0.39, 0.29) is 11.9 Å². The van der Waals surface area contributed by atoms with Crippen LogP contribution in [0.3, 0.4) is 0 Å². The van der Waals surface area contributed by atoms with Crippen LogP contribution >= 0.6 is 0 Å². The topological polar surface area (TPSA) is 83.8 Å². The molecule has 0 bridgehead atoms. The van der Waals surface area contributed by atoms with Gasteiger partial charge in [0.05, 0.1) is 13.4 Å². The van der Waals surface area contributed by atoms with Gasteiger partial charge in [-0.2, -0.15) is 0 Å². The van der Waals surface area contributed by atoms with E-state index in [9.17, 15) is 9.59 Å². The number of furan rings is 1. The number of amides is 3. The van der Waals surface area contributed by atoms with Gasteiger partial charge in [-0.25, -0.2) is 4.79 Å². The van der Waals surface area contributed by atoms with Gasteiger partial charge in [0.15, 0.2) is 5.76 Å². The van der Waals surface area contributed by atoms with Gasteiger partial charge in [0.1, 0.15) is 5.75 Å². The Balaban J connectivity index is 1.47. The van der Waals surface area contributed by atoms with E-state index < -0.39 is 0 Å². The van der Waals surface area contributed by atoms with Crippen molar-refractivity contribution < 1.29 is 18.7 Å². The van der Waals surface area contributed by atoms with E-state index in [0.717, 1.165) is 17.7 Å². The summed E-state index contributed by atoms with van der Waals surface area (Å²) in [6, 6.07) is 15.6. The SMILES string of the molecule is COc1ccc(NC(=O)Nc2ccc3c(c2)N(C(=O)c2ccco2)CC3)cc1. The van der Waals surface area contributed by atoms with Crippen LogP contribution in [0.4, 0.5) is 21.9 Å². The van der Waals surface area contributed by atoms with Crippen molar-refractivity contribution in [3.8, 4) is 5.75 Å². The first-order chi connectivity index (χ1) is 13.6. The number of ether oxygens (including phenoxy) is 1. The molecule has 3 amide bonds. The first-order valence-electron chi connectivity index (χ1n) is 8.84. The number of methoxy groups -OCH3 is 1. The van der Waals surface area contributed by atoms with E-state index >= 15 is 0 Å². The molecule has 1 aliphatic rings. The Hall–Kier alpha value is -3.74. The Labute approximate surface area is 161 Å². The second-order valence-electron chi connectivity index (χ2n) is 6.34. The first kappa shape index (κ1) is 17.7. The third-order valence-corrected chi connectivity index (χ3v) is 4.56. The monoisotopic (exact) mass is 377 g/mol. The molecule has 0 aliphatic carbocycles. The molecule has 2 aromatic carbocycles. The Morgan fingerprint density at radius 2 is 1.79 bits per heavy atom. The fourth-order valence-electron chi connectivity index (χ4n) is 3.17. The predicted octanol–water partition coefficient (Wildman–Crippen LogP) is 4.14. The molecule has 7 heteroatoms. The van der Waals surface area contributed by atoms with Crippen LogP contribution in [-0.2, 0) is 6.42 Å². The largest absolute Gasteiger partial charge is 0.497 e. The van der Waals surface area contributed by atoms with Crippen LogP contribution in [0.1, 0.15) is 16.1 Å². The van der Waals surface area contributed by atoms with Crippen molar-refractivity contribution >= 4 is 29.0 Å². The van der Waals surface area contributed by atoms with Gasteiger partial charge in [0.2, 0.25) is 0 Å². The zero-order chi connectivity index (χ0) is 19.5. The van der Waals surface area contributed by atoms with Crippen LogP contribution in [-0.4, -0.2) is 25.6 Å². The smallest absolute Gasteiger partial charge is 0.323 e. The van der Waals surface area contributed by atoms with Gasteiger partial charge >= 0.3 is 6.03 Å². The van der Waals surface area contributed by atoms with Crippen molar-refractivity contribution in [3.63, 3.8) is 0 Å². The number of carbonyl (C=O) groups is 2. The number of hydrogen-bond donors (Lipinski definition) is 2. The second kappa shape index (κ2) is 7.48. The number of fused-ring (bicyclic) bond motifs is 1. The quantitative estimate of drug-likeness (QED) is 0.716. The molecular weight excluding hydrogens is 358 g/mol. The van der Waals surface area contributed by atoms with Crippen LogP contribution in [0, 0.1) is 0 Å². The van der Waals surface area contributed by atoms with Gasteiger partial charge in [-0.15, -0.1) is 0 Å². The molecule has 4 rings (SSSR count). The van der Waals surface area contributed by atoms with Gasteiger partial charge in [-0.05, 0) is 60.5 Å². The van der Waals surface area contributed by atoms with Crippen molar-refractivity contribution in [1.82, 2.24) is 0 Å². The summed E-state index contributed by atoms with van der Waals surface area (Å²) in [6.07, 6.45) is 2.24. The van der Waals surface area contributed by atoms with Crippen LogP contribution in [0.2, 0.25) is 0 Å². The normalized spacial score (nSPS) is 12.4. The van der Waals surface area contributed by atoms with Crippen LogP contribution < -0.4 is 20.3 Å². The molecule has 0 radical (unpaired) electrons. The van der Waals surface area contributed by atoms with Crippen LogP contribution in [0.25, 0.3) is 0 Å². The Morgan fingerprint density at radius 1 is 1.04 bits per heavy atom. The van der Waals surface area contributed by atoms with Crippen molar-refractivity contribution in [2.75, 3.05) is 29.2 Å². The molecule has 0 spiro atoms. The third-order valence-electron chi connectivity index (χ3n) is 4.56. The highest BCUT2D eigenvalue weighted by atomic mass is 16.5. The maximum absolute atomic E-state index is 12.6. The van der Waals surface area contributed by atoms with Crippen molar-refractivity contribution in [1.29, 1.82) is 0 Å². The molecule has 2 heterocycles. The minimum atomic E-state index is -0.368.